The third-order valence-corrected chi connectivity index (χ3v) is 4.88. The van der Waals surface area contributed by atoms with Gasteiger partial charge in [0.2, 0.25) is 0 Å². The second-order valence-corrected chi connectivity index (χ2v) is 6.71. The number of hydrogen-bond acceptors (Lipinski definition) is 2. The molecule has 1 saturated carbocycles. The highest BCUT2D eigenvalue weighted by Gasteiger charge is 2.21. The molecule has 0 amide bonds. The summed E-state index contributed by atoms with van der Waals surface area (Å²) < 4.78 is 0.885. The summed E-state index contributed by atoms with van der Waals surface area (Å²) in [5, 5.41) is 3.66. The Kier molecular flexibility index (Phi) is 4.28. The lowest BCUT2D eigenvalue weighted by Gasteiger charge is -2.29. The average Bonchev–Trinajstić information content (AvgIpc) is 2.58. The molecule has 1 aromatic heterocycles. The molecule has 1 fully saturated rings. The lowest BCUT2D eigenvalue weighted by Crippen LogP contribution is -2.31. The highest BCUT2D eigenvalue weighted by Crippen LogP contribution is 2.31. The Morgan fingerprint density at radius 3 is 2.69 bits per heavy atom. The summed E-state index contributed by atoms with van der Waals surface area (Å²) in [5.74, 6) is 0.974. The van der Waals surface area contributed by atoms with E-state index in [1.54, 1.807) is 11.3 Å². The van der Waals surface area contributed by atoms with Gasteiger partial charge in [0.25, 0.3) is 0 Å². The van der Waals surface area contributed by atoms with Crippen LogP contribution in [0.3, 0.4) is 0 Å². The summed E-state index contributed by atoms with van der Waals surface area (Å²) in [7, 11) is 0. The quantitative estimate of drug-likeness (QED) is 0.811. The second kappa shape index (κ2) is 5.52. The van der Waals surface area contributed by atoms with Crippen LogP contribution in [0.15, 0.2) is 12.1 Å². The zero-order valence-electron chi connectivity index (χ0n) is 10.0. The zero-order valence-corrected chi connectivity index (χ0v) is 11.6. The predicted octanol–water partition coefficient (Wildman–Crippen LogP) is 4.63. The smallest absolute Gasteiger partial charge is 0.0931 e. The van der Waals surface area contributed by atoms with Gasteiger partial charge in [-0.1, -0.05) is 30.9 Å². The van der Waals surface area contributed by atoms with Gasteiger partial charge in [0.15, 0.2) is 0 Å². The van der Waals surface area contributed by atoms with E-state index in [2.05, 4.69) is 25.2 Å². The minimum atomic E-state index is 0.424. The fourth-order valence-corrected chi connectivity index (χ4v) is 3.44. The first-order valence-corrected chi connectivity index (χ1v) is 7.36. The molecule has 1 N–H and O–H groups in total. The molecular formula is C13H20ClNS. The highest BCUT2D eigenvalue weighted by molar-refractivity contribution is 7.16. The van der Waals surface area contributed by atoms with Crippen LogP contribution in [-0.2, 0) is 0 Å². The van der Waals surface area contributed by atoms with Crippen molar-refractivity contribution >= 4 is 22.9 Å². The number of halogens is 1. The van der Waals surface area contributed by atoms with Crippen LogP contribution in [-0.4, -0.2) is 6.04 Å². The van der Waals surface area contributed by atoms with Crippen molar-refractivity contribution in [2.45, 2.75) is 51.6 Å². The third kappa shape index (κ3) is 3.22. The van der Waals surface area contributed by atoms with Crippen LogP contribution in [0.4, 0.5) is 0 Å². The van der Waals surface area contributed by atoms with Gasteiger partial charge in [-0.05, 0) is 38.3 Å². The Hall–Kier alpha value is -0.0500. The first kappa shape index (κ1) is 12.4. The van der Waals surface area contributed by atoms with Crippen molar-refractivity contribution < 1.29 is 0 Å². The van der Waals surface area contributed by atoms with Gasteiger partial charge in [0.05, 0.1) is 4.34 Å². The number of hydrogen-bond donors (Lipinski definition) is 1. The average molecular weight is 258 g/mol. The van der Waals surface area contributed by atoms with E-state index in [9.17, 15) is 0 Å². The molecule has 3 heteroatoms. The minimum Gasteiger partial charge on any atom is -0.307 e. The van der Waals surface area contributed by atoms with E-state index in [0.717, 1.165) is 10.3 Å². The lowest BCUT2D eigenvalue weighted by atomic mass is 9.81. The van der Waals surface area contributed by atoms with Gasteiger partial charge in [-0.15, -0.1) is 11.3 Å². The van der Waals surface area contributed by atoms with Crippen molar-refractivity contribution in [1.29, 1.82) is 0 Å². The Balaban J connectivity index is 1.79. The van der Waals surface area contributed by atoms with E-state index >= 15 is 0 Å². The molecule has 16 heavy (non-hydrogen) atoms. The van der Waals surface area contributed by atoms with Gasteiger partial charge in [0, 0.05) is 17.0 Å². The molecule has 1 aliphatic carbocycles. The molecule has 0 aromatic carbocycles. The topological polar surface area (TPSA) is 12.0 Å². The van der Waals surface area contributed by atoms with E-state index in [4.69, 9.17) is 11.6 Å². The van der Waals surface area contributed by atoms with E-state index in [-0.39, 0.29) is 0 Å². The summed E-state index contributed by atoms with van der Waals surface area (Å²) in [6.45, 7) is 4.52. The maximum atomic E-state index is 5.95. The largest absolute Gasteiger partial charge is 0.307 e. The summed E-state index contributed by atoms with van der Waals surface area (Å²) in [5.41, 5.74) is 0. The van der Waals surface area contributed by atoms with E-state index < -0.39 is 0 Å². The molecular weight excluding hydrogens is 238 g/mol. The predicted molar refractivity (Wildman–Crippen MR) is 72.3 cm³/mol. The van der Waals surface area contributed by atoms with Gasteiger partial charge >= 0.3 is 0 Å². The van der Waals surface area contributed by atoms with Crippen molar-refractivity contribution in [3.63, 3.8) is 0 Å². The molecule has 2 rings (SSSR count). The Bertz CT molecular complexity index is 332. The van der Waals surface area contributed by atoms with Crippen LogP contribution < -0.4 is 5.32 Å². The summed E-state index contributed by atoms with van der Waals surface area (Å²) in [4.78, 5) is 1.34. The van der Waals surface area contributed by atoms with Gasteiger partial charge in [-0.3, -0.25) is 0 Å². The zero-order chi connectivity index (χ0) is 11.5. The summed E-state index contributed by atoms with van der Waals surface area (Å²) >= 11 is 7.63. The van der Waals surface area contributed by atoms with Crippen LogP contribution in [0.5, 0.6) is 0 Å². The van der Waals surface area contributed by atoms with Crippen LogP contribution in [0, 0.1) is 5.92 Å². The minimum absolute atomic E-state index is 0.424. The highest BCUT2D eigenvalue weighted by atomic mass is 35.5. The first-order valence-electron chi connectivity index (χ1n) is 6.16. The Labute approximate surface area is 107 Å². The molecule has 0 saturated heterocycles. The molecule has 1 aromatic rings. The van der Waals surface area contributed by atoms with E-state index in [1.165, 1.54) is 30.6 Å². The standard InChI is InChI=1S/C13H20ClNS/c1-9(8-11-4-3-5-11)15-10(2)12-6-7-13(14)16-12/h6-7,9-11,15H,3-5,8H2,1-2H3. The van der Waals surface area contributed by atoms with Gasteiger partial charge < -0.3 is 5.32 Å². The maximum Gasteiger partial charge on any atom is 0.0931 e. The molecule has 0 spiro atoms. The van der Waals surface area contributed by atoms with Crippen LogP contribution in [0.1, 0.15) is 50.4 Å². The first-order chi connectivity index (χ1) is 7.65. The Morgan fingerprint density at radius 2 is 2.19 bits per heavy atom. The summed E-state index contributed by atoms with van der Waals surface area (Å²) in [6.07, 6.45) is 5.63. The van der Waals surface area contributed by atoms with Gasteiger partial charge in [-0.25, -0.2) is 0 Å². The SMILES string of the molecule is CC(CC1CCC1)NC(C)c1ccc(Cl)s1. The number of nitrogens with one attached hydrogen (secondary N) is 1. The van der Waals surface area contributed by atoms with Crippen molar-refractivity contribution in [1.82, 2.24) is 5.32 Å². The monoisotopic (exact) mass is 257 g/mol. The fourth-order valence-electron chi connectivity index (χ4n) is 2.37. The molecule has 90 valence electrons. The molecule has 1 heterocycles. The molecule has 1 nitrogen and oxygen atoms in total. The Morgan fingerprint density at radius 1 is 1.44 bits per heavy atom. The van der Waals surface area contributed by atoms with Crippen LogP contribution >= 0.6 is 22.9 Å². The number of thiophene rings is 1. The molecule has 0 aliphatic heterocycles. The van der Waals surface area contributed by atoms with Crippen LogP contribution in [0.25, 0.3) is 0 Å². The molecule has 2 unspecified atom stereocenters. The fraction of sp³-hybridized carbons (Fsp3) is 0.692. The number of rotatable bonds is 5. The van der Waals surface area contributed by atoms with Crippen molar-refractivity contribution in [2.24, 2.45) is 5.92 Å². The molecule has 0 radical (unpaired) electrons. The van der Waals surface area contributed by atoms with Crippen molar-refractivity contribution in [3.05, 3.63) is 21.3 Å². The molecule has 1 aliphatic rings. The van der Waals surface area contributed by atoms with Crippen molar-refractivity contribution in [3.8, 4) is 0 Å². The van der Waals surface area contributed by atoms with Gasteiger partial charge in [0.1, 0.15) is 0 Å². The van der Waals surface area contributed by atoms with Crippen LogP contribution in [0.2, 0.25) is 4.34 Å². The lowest BCUT2D eigenvalue weighted by molar-refractivity contribution is 0.260. The molecule has 0 bridgehead atoms. The van der Waals surface area contributed by atoms with Gasteiger partial charge in [-0.2, -0.15) is 0 Å². The van der Waals surface area contributed by atoms with E-state index in [0.29, 0.717) is 12.1 Å². The third-order valence-electron chi connectivity index (χ3n) is 3.47. The van der Waals surface area contributed by atoms with Crippen molar-refractivity contribution in [2.75, 3.05) is 0 Å². The maximum absolute atomic E-state index is 5.95. The molecule has 2 atom stereocenters. The second-order valence-electron chi connectivity index (χ2n) is 4.96. The van der Waals surface area contributed by atoms with E-state index in [1.807, 2.05) is 6.07 Å². The normalized spacial score (nSPS) is 20.4. The summed E-state index contributed by atoms with van der Waals surface area (Å²) in [6, 6.07) is 5.14.